The number of nitrogens with zero attached hydrogens (tertiary/aromatic N) is 2. The molecule has 0 spiro atoms. The molecule has 1 aliphatic heterocycles. The molecule has 178 valence electrons. The van der Waals surface area contributed by atoms with Crippen molar-refractivity contribution in [2.75, 3.05) is 22.7 Å². The van der Waals surface area contributed by atoms with Crippen LogP contribution in [0.5, 0.6) is 0 Å². The summed E-state index contributed by atoms with van der Waals surface area (Å²) in [5.41, 5.74) is 1.02. The first kappa shape index (κ1) is 23.6. The Labute approximate surface area is 196 Å². The molecule has 34 heavy (non-hydrogen) atoms. The monoisotopic (exact) mass is 487 g/mol. The molecule has 1 fully saturated rings. The Bertz CT molecular complexity index is 1290. The van der Waals surface area contributed by atoms with Crippen molar-refractivity contribution in [1.29, 1.82) is 0 Å². The van der Waals surface area contributed by atoms with E-state index in [0.717, 1.165) is 25.3 Å². The number of carboxylic acid groups (broad SMARTS) is 1. The van der Waals surface area contributed by atoms with E-state index in [1.54, 1.807) is 0 Å². The van der Waals surface area contributed by atoms with Crippen molar-refractivity contribution in [1.82, 2.24) is 4.98 Å². The molecule has 0 saturated carbocycles. The number of halogens is 2. The second-order valence-corrected chi connectivity index (χ2v) is 9.88. The number of benzene rings is 2. The zero-order chi connectivity index (χ0) is 24.3. The molecule has 0 bridgehead atoms. The average Bonchev–Trinajstić information content (AvgIpc) is 2.82. The van der Waals surface area contributed by atoms with Crippen molar-refractivity contribution in [2.45, 2.75) is 24.2 Å². The van der Waals surface area contributed by atoms with Gasteiger partial charge in [0.1, 0.15) is 0 Å². The minimum Gasteiger partial charge on any atom is -0.478 e. The van der Waals surface area contributed by atoms with Gasteiger partial charge in [0.2, 0.25) is 0 Å². The van der Waals surface area contributed by atoms with Crippen LogP contribution >= 0.6 is 0 Å². The number of nitrogens with one attached hydrogen (secondary N) is 1. The third-order valence-corrected chi connectivity index (χ3v) is 7.20. The smallest absolute Gasteiger partial charge is 0.337 e. The highest BCUT2D eigenvalue weighted by atomic mass is 32.2. The first-order chi connectivity index (χ1) is 16.2. The summed E-state index contributed by atoms with van der Waals surface area (Å²) in [6.45, 7) is 1.22. The minimum atomic E-state index is -4.32. The Kier molecular flexibility index (Phi) is 6.78. The molecule has 2 N–H and O–H groups in total. The van der Waals surface area contributed by atoms with E-state index in [9.17, 15) is 27.1 Å². The van der Waals surface area contributed by atoms with E-state index < -0.39 is 32.5 Å². The van der Waals surface area contributed by atoms with Crippen molar-refractivity contribution >= 4 is 27.5 Å². The largest absolute Gasteiger partial charge is 0.478 e. The summed E-state index contributed by atoms with van der Waals surface area (Å²) in [7, 11) is -4.32. The SMILES string of the molecule is O=C(O)c1cnc(N2CCC(Cc3ccccc3)CC2)c(NS(=O)(=O)c2ccc(F)c(F)c2)c1. The normalized spacial score (nSPS) is 14.7. The van der Waals surface area contributed by atoms with Crippen LogP contribution in [0.4, 0.5) is 20.3 Å². The molecule has 0 radical (unpaired) electrons. The number of pyridine rings is 1. The van der Waals surface area contributed by atoms with Gasteiger partial charge >= 0.3 is 5.97 Å². The maximum absolute atomic E-state index is 13.6. The maximum Gasteiger partial charge on any atom is 0.337 e. The third kappa shape index (κ3) is 5.33. The van der Waals surface area contributed by atoms with Gasteiger partial charge in [-0.2, -0.15) is 0 Å². The summed E-state index contributed by atoms with van der Waals surface area (Å²) < 4.78 is 54.9. The first-order valence-electron chi connectivity index (χ1n) is 10.7. The highest BCUT2D eigenvalue weighted by Gasteiger charge is 2.26. The number of sulfonamides is 1. The van der Waals surface area contributed by atoms with Crippen molar-refractivity contribution in [3.05, 3.63) is 83.6 Å². The lowest BCUT2D eigenvalue weighted by molar-refractivity contribution is 0.0696. The highest BCUT2D eigenvalue weighted by molar-refractivity contribution is 7.92. The molecular weight excluding hydrogens is 464 g/mol. The number of rotatable bonds is 7. The number of hydrogen-bond acceptors (Lipinski definition) is 5. The number of carbonyl (C=O) groups is 1. The predicted molar refractivity (Wildman–Crippen MR) is 123 cm³/mol. The number of aromatic carboxylic acids is 1. The summed E-state index contributed by atoms with van der Waals surface area (Å²) in [6.07, 6.45) is 3.82. The van der Waals surface area contributed by atoms with E-state index in [2.05, 4.69) is 21.8 Å². The molecular formula is C24H23F2N3O4S. The molecule has 0 unspecified atom stereocenters. The van der Waals surface area contributed by atoms with Crippen molar-refractivity contribution in [3.63, 3.8) is 0 Å². The van der Waals surface area contributed by atoms with Crippen LogP contribution in [0.15, 0.2) is 65.7 Å². The first-order valence-corrected chi connectivity index (χ1v) is 12.2. The number of hydrogen-bond donors (Lipinski definition) is 2. The van der Waals surface area contributed by atoms with Gasteiger partial charge in [-0.25, -0.2) is 27.0 Å². The van der Waals surface area contributed by atoms with E-state index in [0.29, 0.717) is 31.1 Å². The van der Waals surface area contributed by atoms with Gasteiger partial charge in [-0.1, -0.05) is 30.3 Å². The molecule has 3 aromatic rings. The van der Waals surface area contributed by atoms with Gasteiger partial charge in [0.25, 0.3) is 10.0 Å². The third-order valence-electron chi connectivity index (χ3n) is 5.84. The molecule has 4 rings (SSSR count). The van der Waals surface area contributed by atoms with E-state index in [-0.39, 0.29) is 17.1 Å². The van der Waals surface area contributed by atoms with Crippen LogP contribution in [0.2, 0.25) is 0 Å². The summed E-state index contributed by atoms with van der Waals surface area (Å²) in [5.74, 6) is -3.00. The number of aromatic nitrogens is 1. The summed E-state index contributed by atoms with van der Waals surface area (Å²) >= 11 is 0. The van der Waals surface area contributed by atoms with Crippen LogP contribution in [-0.2, 0) is 16.4 Å². The van der Waals surface area contributed by atoms with E-state index in [4.69, 9.17) is 0 Å². The summed E-state index contributed by atoms with van der Waals surface area (Å²) in [6, 6.07) is 13.6. The quantitative estimate of drug-likeness (QED) is 0.515. The van der Waals surface area contributed by atoms with Gasteiger partial charge in [-0.3, -0.25) is 4.72 Å². The number of piperidine rings is 1. The molecule has 0 amide bonds. The molecule has 0 aliphatic carbocycles. The second kappa shape index (κ2) is 9.76. The molecule has 7 nitrogen and oxygen atoms in total. The lowest BCUT2D eigenvalue weighted by Gasteiger charge is -2.34. The molecule has 2 aromatic carbocycles. The standard InChI is InChI=1S/C24H23F2N3O4S/c25-20-7-6-19(14-21(20)26)34(32,33)28-22-13-18(24(30)31)15-27-23(22)29-10-8-17(9-11-29)12-16-4-2-1-3-5-16/h1-7,13-15,17,28H,8-12H2,(H,30,31). The number of anilines is 2. The Balaban J connectivity index is 1.56. The number of carboxylic acids is 1. The lowest BCUT2D eigenvalue weighted by Crippen LogP contribution is -2.35. The van der Waals surface area contributed by atoms with E-state index >= 15 is 0 Å². The Morgan fingerprint density at radius 3 is 2.41 bits per heavy atom. The van der Waals surface area contributed by atoms with Crippen LogP contribution < -0.4 is 9.62 Å². The van der Waals surface area contributed by atoms with Gasteiger partial charge in [0.15, 0.2) is 17.5 Å². The second-order valence-electron chi connectivity index (χ2n) is 8.20. The van der Waals surface area contributed by atoms with Crippen LogP contribution in [0.3, 0.4) is 0 Å². The minimum absolute atomic E-state index is 0.0360. The highest BCUT2D eigenvalue weighted by Crippen LogP contribution is 2.31. The van der Waals surface area contributed by atoms with Crippen molar-refractivity contribution in [3.8, 4) is 0 Å². The Morgan fingerprint density at radius 1 is 1.06 bits per heavy atom. The predicted octanol–water partition coefficient (Wildman–Crippen LogP) is 4.32. The zero-order valence-electron chi connectivity index (χ0n) is 18.1. The summed E-state index contributed by atoms with van der Waals surface area (Å²) in [4.78, 5) is 17.1. The molecule has 1 saturated heterocycles. The van der Waals surface area contributed by atoms with Crippen LogP contribution in [0.25, 0.3) is 0 Å². The van der Waals surface area contributed by atoms with E-state index in [1.165, 1.54) is 17.8 Å². The zero-order valence-corrected chi connectivity index (χ0v) is 18.9. The topological polar surface area (TPSA) is 99.6 Å². The molecule has 0 atom stereocenters. The summed E-state index contributed by atoms with van der Waals surface area (Å²) in [5, 5.41) is 9.35. The van der Waals surface area contributed by atoms with E-state index in [1.807, 2.05) is 23.1 Å². The van der Waals surface area contributed by atoms with Gasteiger partial charge in [0.05, 0.1) is 16.1 Å². The lowest BCUT2D eigenvalue weighted by atomic mass is 9.90. The van der Waals surface area contributed by atoms with Crippen LogP contribution in [0.1, 0.15) is 28.8 Å². The van der Waals surface area contributed by atoms with Crippen LogP contribution in [-0.4, -0.2) is 37.6 Å². The van der Waals surface area contributed by atoms with Gasteiger partial charge in [0, 0.05) is 19.3 Å². The van der Waals surface area contributed by atoms with Crippen molar-refractivity contribution in [2.24, 2.45) is 5.92 Å². The molecule has 2 heterocycles. The average molecular weight is 488 g/mol. The molecule has 1 aliphatic rings. The molecule has 10 heteroatoms. The molecule has 1 aromatic heterocycles. The Hall–Kier alpha value is -3.53. The van der Waals surface area contributed by atoms with Gasteiger partial charge < -0.3 is 10.0 Å². The fourth-order valence-electron chi connectivity index (χ4n) is 4.05. The fourth-order valence-corrected chi connectivity index (χ4v) is 5.11. The van der Waals surface area contributed by atoms with Gasteiger partial charge in [-0.15, -0.1) is 0 Å². The van der Waals surface area contributed by atoms with Crippen LogP contribution in [0, 0.1) is 17.6 Å². The maximum atomic E-state index is 13.6. The fraction of sp³-hybridized carbons (Fsp3) is 0.250. The van der Waals surface area contributed by atoms with Crippen molar-refractivity contribution < 1.29 is 27.1 Å². The van der Waals surface area contributed by atoms with Gasteiger partial charge in [-0.05, 0) is 55.0 Å². The Morgan fingerprint density at radius 2 is 1.76 bits per heavy atom.